The van der Waals surface area contributed by atoms with Crippen LogP contribution in [0.1, 0.15) is 0 Å². The van der Waals surface area contributed by atoms with Crippen LogP contribution in [-0.2, 0) is 78.7 Å². The van der Waals surface area contributed by atoms with Gasteiger partial charge in [0.25, 0.3) is 0 Å². The topological polar surface area (TPSA) is 0 Å². The smallest absolute Gasteiger partial charge is 0 e. The van der Waals surface area contributed by atoms with Gasteiger partial charge < -0.3 is 0 Å². The summed E-state index contributed by atoms with van der Waals surface area (Å²) in [5.41, 5.74) is 0. The van der Waals surface area contributed by atoms with Gasteiger partial charge in [-0.15, -0.1) is 0 Å². The molecule has 0 saturated carbocycles. The molecule has 0 aromatic heterocycles. The van der Waals surface area contributed by atoms with E-state index in [4.69, 9.17) is 0 Å². The monoisotopic (exact) mass is 953 g/mol. The van der Waals surface area contributed by atoms with Gasteiger partial charge in [0.05, 0.1) is 0 Å². The van der Waals surface area contributed by atoms with E-state index in [9.17, 15) is 0 Å². The second-order valence-electron chi connectivity index (χ2n) is 0. The molecule has 0 amide bonds. The van der Waals surface area contributed by atoms with Gasteiger partial charge in [-0.2, -0.15) is 0 Å². The molecular formula is H7BiCuMoPbSnWZn. The molecule has 0 nitrogen and oxygen atoms in total. The summed E-state index contributed by atoms with van der Waals surface area (Å²) in [5, 5.41) is 0. The van der Waals surface area contributed by atoms with E-state index in [0.717, 1.165) is 0 Å². The minimum absolute atomic E-state index is 0. The molecule has 0 spiro atoms. The van der Waals surface area contributed by atoms with Crippen molar-refractivity contribution < 1.29 is 78.7 Å². The first-order valence-electron chi connectivity index (χ1n) is 0. The van der Waals surface area contributed by atoms with Crippen molar-refractivity contribution in [1.29, 1.82) is 0 Å². The molecule has 0 aliphatic rings. The predicted octanol–water partition coefficient (Wildman–Crippen LogP) is -3.03. The van der Waals surface area contributed by atoms with Crippen molar-refractivity contribution in [3.05, 3.63) is 0 Å². The van der Waals surface area contributed by atoms with Gasteiger partial charge in [-0.05, 0) is 0 Å². The molecule has 0 N–H and O–H groups in total. The normalized spacial score (nSPS) is 0. The van der Waals surface area contributed by atoms with E-state index in [1.54, 1.807) is 0 Å². The largest absolute Gasteiger partial charge is 0 e. The van der Waals surface area contributed by atoms with Crippen LogP contribution in [0.4, 0.5) is 0 Å². The standard InChI is InChI=1S/Bi.Cu.Mo.Pb.Sn.W.Zn.7H. The Morgan fingerprint density at radius 1 is 1.00 bits per heavy atom. The van der Waals surface area contributed by atoms with E-state index in [0.29, 0.717) is 0 Å². The summed E-state index contributed by atoms with van der Waals surface area (Å²) in [5.74, 6) is 0. The van der Waals surface area contributed by atoms with Crippen LogP contribution in [0.3, 0.4) is 0 Å². The Hall–Kier alpha value is 5.12. The number of hydrogen-bond acceptors (Lipinski definition) is 0. The van der Waals surface area contributed by atoms with Crippen molar-refractivity contribution in [2.45, 2.75) is 0 Å². The van der Waals surface area contributed by atoms with Gasteiger partial charge in [0.1, 0.15) is 0 Å². The minimum atomic E-state index is 0. The molecule has 7 heavy (non-hydrogen) atoms. The molecule has 0 aromatic rings. The zero-order valence-corrected chi connectivity index (χ0v) is 27.8. The Morgan fingerprint density at radius 3 is 1.00 bits per heavy atom. The fourth-order valence-corrected chi connectivity index (χ4v) is 0. The summed E-state index contributed by atoms with van der Waals surface area (Å²) in [6.45, 7) is 0. The molecule has 7 heteroatoms. The van der Waals surface area contributed by atoms with Crippen LogP contribution in [0.15, 0.2) is 0 Å². The summed E-state index contributed by atoms with van der Waals surface area (Å²) in [7, 11) is 0. The van der Waals surface area contributed by atoms with Gasteiger partial charge >= 0.3 is 77.4 Å². The molecule has 0 unspecified atom stereocenters. The van der Waals surface area contributed by atoms with E-state index in [1.807, 2.05) is 0 Å². The van der Waals surface area contributed by atoms with Crippen LogP contribution in [0.2, 0.25) is 0 Å². The molecule has 45 valence electrons. The Labute approximate surface area is 152 Å². The summed E-state index contributed by atoms with van der Waals surface area (Å²) in [6, 6.07) is 0. The average molecular weight is 951 g/mol. The van der Waals surface area contributed by atoms with Crippen molar-refractivity contribution in [2.24, 2.45) is 0 Å². The van der Waals surface area contributed by atoms with Gasteiger partial charge in [0.2, 0.25) is 0 Å². The molecule has 0 rings (SSSR count). The van der Waals surface area contributed by atoms with Gasteiger partial charge in [-0.25, -0.2) is 0 Å². The summed E-state index contributed by atoms with van der Waals surface area (Å²) in [4.78, 5) is 0. The Morgan fingerprint density at radius 2 is 1.00 bits per heavy atom. The second kappa shape index (κ2) is 43.4. The maximum Gasteiger partial charge on any atom is 0 e. The van der Waals surface area contributed by atoms with Crippen molar-refractivity contribution in [2.75, 3.05) is 0 Å². The molecule has 0 fully saturated rings. The van der Waals surface area contributed by atoms with Gasteiger partial charge in [0, 0.05) is 78.7 Å². The van der Waals surface area contributed by atoms with Crippen LogP contribution in [-0.4, -0.2) is 77.4 Å². The average Bonchev–Trinajstić information content (AvgIpc) is 0. The van der Waals surface area contributed by atoms with Gasteiger partial charge in [-0.1, -0.05) is 0 Å². The summed E-state index contributed by atoms with van der Waals surface area (Å²) in [6.07, 6.45) is 0. The van der Waals surface area contributed by atoms with Crippen molar-refractivity contribution >= 4 is 77.4 Å². The first-order valence-corrected chi connectivity index (χ1v) is 0. The molecule has 0 aliphatic carbocycles. The number of hydrogen-bond donors (Lipinski definition) is 0. The summed E-state index contributed by atoms with van der Waals surface area (Å²) >= 11 is 0. The molecule has 0 saturated heterocycles. The fourth-order valence-electron chi connectivity index (χ4n) is 0. The molecular weight excluding hydrogens is 944 g/mol. The third kappa shape index (κ3) is 35.3. The van der Waals surface area contributed by atoms with Crippen LogP contribution >= 0.6 is 0 Å². The molecule has 0 heterocycles. The third-order valence-electron chi connectivity index (χ3n) is 0. The van der Waals surface area contributed by atoms with Crippen LogP contribution in [0.25, 0.3) is 0 Å². The number of rotatable bonds is 0. The van der Waals surface area contributed by atoms with Crippen LogP contribution < -0.4 is 0 Å². The van der Waals surface area contributed by atoms with Crippen LogP contribution in [0, 0.1) is 0 Å². The Balaban J connectivity index is 0. The maximum absolute atomic E-state index is 0. The molecule has 0 atom stereocenters. The molecule has 0 aliphatic heterocycles. The SMILES string of the molecule is [BiH3].[Cu].[Mo].[PbH2].[SnH2].[W].[Zn]. The zero-order valence-electron chi connectivity index (χ0n) is 3.95. The first-order chi connectivity index (χ1) is 0. The second-order valence-corrected chi connectivity index (χ2v) is 0. The molecule has 0 bridgehead atoms. The van der Waals surface area contributed by atoms with E-state index in [1.165, 1.54) is 0 Å². The van der Waals surface area contributed by atoms with Crippen molar-refractivity contribution in [3.63, 3.8) is 0 Å². The Bertz CT molecular complexity index is 19.7. The van der Waals surface area contributed by atoms with E-state index in [2.05, 4.69) is 0 Å². The van der Waals surface area contributed by atoms with Crippen LogP contribution in [0.5, 0.6) is 0 Å². The van der Waals surface area contributed by atoms with E-state index < -0.39 is 0 Å². The van der Waals surface area contributed by atoms with Gasteiger partial charge in [0.15, 0.2) is 0 Å². The van der Waals surface area contributed by atoms with Crippen molar-refractivity contribution in [3.8, 4) is 0 Å². The zero-order chi connectivity index (χ0) is 0. The van der Waals surface area contributed by atoms with Crippen molar-refractivity contribution in [1.82, 2.24) is 0 Å². The van der Waals surface area contributed by atoms with Gasteiger partial charge in [-0.3, -0.25) is 0 Å². The molecule has 5 radical (unpaired) electrons. The minimum Gasteiger partial charge on any atom is 0 e. The first kappa shape index (κ1) is 57.1. The fraction of sp³-hybridized carbons (Fsp3) is 0. The Kier molecular flexibility index (Phi) is 355. The third-order valence-corrected chi connectivity index (χ3v) is 0. The quantitative estimate of drug-likeness (QED) is 0.228. The van der Waals surface area contributed by atoms with E-state index in [-0.39, 0.29) is 156 Å². The maximum atomic E-state index is 0. The van der Waals surface area contributed by atoms with E-state index >= 15 is 0 Å². The summed E-state index contributed by atoms with van der Waals surface area (Å²) < 4.78 is 0. The molecule has 0 aromatic carbocycles. The predicted molar refractivity (Wildman–Crippen MR) is 27.0 cm³/mol.